The van der Waals surface area contributed by atoms with E-state index in [4.69, 9.17) is 34.2 Å². The first-order valence-electron chi connectivity index (χ1n) is 10.1. The van der Waals surface area contributed by atoms with E-state index in [9.17, 15) is 0 Å². The Labute approximate surface area is 180 Å². The first-order chi connectivity index (χ1) is 14.7. The molecule has 0 fully saturated rings. The number of rotatable bonds is 21. The maximum absolute atomic E-state index is 5.82. The molecule has 0 aromatic heterocycles. The van der Waals surface area contributed by atoms with Gasteiger partial charge in [0.25, 0.3) is 0 Å². The molecule has 0 heterocycles. The van der Waals surface area contributed by atoms with E-state index in [2.05, 4.69) is 17.1 Å². The van der Waals surface area contributed by atoms with Crippen LogP contribution in [0.4, 0.5) is 0 Å². The fourth-order valence-corrected chi connectivity index (χ4v) is 2.20. The summed E-state index contributed by atoms with van der Waals surface area (Å²) in [5.41, 5.74) is 9.59. The average molecular weight is 430 g/mol. The van der Waals surface area contributed by atoms with Crippen LogP contribution in [0.2, 0.25) is 0 Å². The molecule has 0 radical (unpaired) electrons. The standard InChI is InChI=1S/C21H39N3O6/c1-5-7-21(20(6-2)19(3)24-23-4)30-17-16-28-13-12-26-9-8-25-10-11-27-14-15-29-18-22/h5-7,23H,2,8-18,22H2,1,3-4H3/b7-5-,21-20-,24-19+. The summed E-state index contributed by atoms with van der Waals surface area (Å²) in [5.74, 6) is 0.705. The number of nitrogens with two attached hydrogens (primary N) is 1. The molecular weight excluding hydrogens is 390 g/mol. The second kappa shape index (κ2) is 21.9. The monoisotopic (exact) mass is 429 g/mol. The van der Waals surface area contributed by atoms with Gasteiger partial charge in [-0.2, -0.15) is 5.10 Å². The highest BCUT2D eigenvalue weighted by atomic mass is 16.6. The van der Waals surface area contributed by atoms with Gasteiger partial charge >= 0.3 is 0 Å². The zero-order chi connectivity index (χ0) is 22.3. The minimum absolute atomic E-state index is 0.213. The lowest BCUT2D eigenvalue weighted by Gasteiger charge is -2.12. The van der Waals surface area contributed by atoms with Gasteiger partial charge in [0.2, 0.25) is 0 Å². The van der Waals surface area contributed by atoms with Crippen molar-refractivity contribution < 1.29 is 28.4 Å². The summed E-state index contributed by atoms with van der Waals surface area (Å²) >= 11 is 0. The average Bonchev–Trinajstić information content (AvgIpc) is 2.74. The highest BCUT2D eigenvalue weighted by Crippen LogP contribution is 2.12. The van der Waals surface area contributed by atoms with E-state index < -0.39 is 0 Å². The molecule has 0 saturated carbocycles. The fourth-order valence-electron chi connectivity index (χ4n) is 2.20. The van der Waals surface area contributed by atoms with E-state index in [1.807, 2.05) is 26.0 Å². The minimum atomic E-state index is 0.213. The third-order valence-corrected chi connectivity index (χ3v) is 3.55. The minimum Gasteiger partial charge on any atom is -0.491 e. The molecule has 0 atom stereocenters. The van der Waals surface area contributed by atoms with Crippen molar-refractivity contribution in [3.05, 3.63) is 36.1 Å². The molecule has 30 heavy (non-hydrogen) atoms. The lowest BCUT2D eigenvalue weighted by molar-refractivity contribution is -0.0137. The lowest BCUT2D eigenvalue weighted by atomic mass is 10.1. The van der Waals surface area contributed by atoms with Crippen LogP contribution in [-0.2, 0) is 28.4 Å². The number of nitrogens with one attached hydrogen (secondary N) is 1. The molecular formula is C21H39N3O6. The van der Waals surface area contributed by atoms with Crippen LogP contribution < -0.4 is 11.2 Å². The Morgan fingerprint density at radius 2 is 1.33 bits per heavy atom. The molecule has 0 spiro atoms. The molecule has 0 rings (SSSR count). The van der Waals surface area contributed by atoms with Gasteiger partial charge in [-0.05, 0) is 19.9 Å². The Balaban J connectivity index is 3.74. The van der Waals surface area contributed by atoms with E-state index in [0.717, 1.165) is 11.3 Å². The largest absolute Gasteiger partial charge is 0.491 e. The number of allylic oxidation sites excluding steroid dienone is 4. The van der Waals surface area contributed by atoms with Crippen LogP contribution in [0.25, 0.3) is 0 Å². The van der Waals surface area contributed by atoms with Gasteiger partial charge in [0.05, 0.1) is 71.9 Å². The summed E-state index contributed by atoms with van der Waals surface area (Å²) in [6.07, 6.45) is 5.52. The van der Waals surface area contributed by atoms with Crippen molar-refractivity contribution in [2.45, 2.75) is 13.8 Å². The summed E-state index contributed by atoms with van der Waals surface area (Å²) < 4.78 is 32.4. The molecule has 0 amide bonds. The van der Waals surface area contributed by atoms with Gasteiger partial charge in [0.15, 0.2) is 0 Å². The van der Waals surface area contributed by atoms with E-state index in [-0.39, 0.29) is 6.73 Å². The van der Waals surface area contributed by atoms with Crippen LogP contribution in [0.5, 0.6) is 0 Å². The summed E-state index contributed by atoms with van der Waals surface area (Å²) in [6.45, 7) is 12.8. The van der Waals surface area contributed by atoms with Crippen LogP contribution in [0.3, 0.4) is 0 Å². The Kier molecular flexibility index (Phi) is 20.7. The first kappa shape index (κ1) is 28.2. The quantitative estimate of drug-likeness (QED) is 0.0708. The molecule has 0 aromatic rings. The molecule has 9 heteroatoms. The predicted molar refractivity (Wildman–Crippen MR) is 118 cm³/mol. The molecule has 9 nitrogen and oxygen atoms in total. The molecule has 0 bridgehead atoms. The number of nitrogens with zero attached hydrogens (tertiary/aromatic N) is 1. The van der Waals surface area contributed by atoms with Crippen molar-refractivity contribution in [2.75, 3.05) is 79.8 Å². The number of hydrogen-bond acceptors (Lipinski definition) is 9. The third-order valence-electron chi connectivity index (χ3n) is 3.55. The summed E-state index contributed by atoms with van der Waals surface area (Å²) in [7, 11) is 1.75. The molecule has 0 aliphatic carbocycles. The zero-order valence-corrected chi connectivity index (χ0v) is 18.7. The van der Waals surface area contributed by atoms with Gasteiger partial charge in [-0.3, -0.25) is 0 Å². The Bertz CT molecular complexity index is 509. The molecule has 0 unspecified atom stereocenters. The maximum Gasteiger partial charge on any atom is 0.128 e. The zero-order valence-electron chi connectivity index (χ0n) is 18.7. The van der Waals surface area contributed by atoms with Crippen LogP contribution in [0.15, 0.2) is 41.2 Å². The van der Waals surface area contributed by atoms with Crippen molar-refractivity contribution in [1.82, 2.24) is 5.43 Å². The Morgan fingerprint density at radius 3 is 1.73 bits per heavy atom. The van der Waals surface area contributed by atoms with Crippen molar-refractivity contribution in [3.63, 3.8) is 0 Å². The molecule has 0 aliphatic heterocycles. The smallest absolute Gasteiger partial charge is 0.128 e. The Morgan fingerprint density at radius 1 is 0.867 bits per heavy atom. The Hall–Kier alpha value is -1.75. The number of hydrazone groups is 1. The van der Waals surface area contributed by atoms with E-state index >= 15 is 0 Å². The van der Waals surface area contributed by atoms with Gasteiger partial charge in [-0.25, -0.2) is 0 Å². The van der Waals surface area contributed by atoms with Crippen molar-refractivity contribution in [1.29, 1.82) is 0 Å². The normalized spacial score (nSPS) is 12.9. The van der Waals surface area contributed by atoms with E-state index in [0.29, 0.717) is 71.8 Å². The molecule has 0 saturated heterocycles. The van der Waals surface area contributed by atoms with Crippen LogP contribution in [0, 0.1) is 0 Å². The highest BCUT2D eigenvalue weighted by Gasteiger charge is 2.06. The van der Waals surface area contributed by atoms with Gasteiger partial charge in [-0.1, -0.05) is 18.7 Å². The second-order valence-corrected chi connectivity index (χ2v) is 5.78. The SMILES string of the molecule is C=CC(=C(\C=C/C)OCCOCCOCCOCCOCCOCN)/C(C)=N/NC. The number of hydrogen-bond donors (Lipinski definition) is 2. The summed E-state index contributed by atoms with van der Waals surface area (Å²) in [4.78, 5) is 0. The second-order valence-electron chi connectivity index (χ2n) is 5.78. The van der Waals surface area contributed by atoms with Gasteiger partial charge in [0.1, 0.15) is 12.4 Å². The summed E-state index contributed by atoms with van der Waals surface area (Å²) in [5, 5.41) is 4.17. The van der Waals surface area contributed by atoms with Gasteiger partial charge in [-0.15, -0.1) is 0 Å². The highest BCUT2D eigenvalue weighted by molar-refractivity contribution is 6.01. The van der Waals surface area contributed by atoms with Crippen LogP contribution >= 0.6 is 0 Å². The van der Waals surface area contributed by atoms with E-state index in [1.54, 1.807) is 13.1 Å². The lowest BCUT2D eigenvalue weighted by Crippen LogP contribution is -2.15. The van der Waals surface area contributed by atoms with Gasteiger partial charge < -0.3 is 39.6 Å². The van der Waals surface area contributed by atoms with Crippen molar-refractivity contribution >= 4 is 5.71 Å². The predicted octanol–water partition coefficient (Wildman–Crippen LogP) is 1.61. The van der Waals surface area contributed by atoms with Crippen LogP contribution in [-0.4, -0.2) is 85.6 Å². The molecule has 0 aliphatic rings. The summed E-state index contributed by atoms with van der Waals surface area (Å²) in [6, 6.07) is 0. The third kappa shape index (κ3) is 16.1. The first-order valence-corrected chi connectivity index (χ1v) is 10.1. The molecule has 3 N–H and O–H groups in total. The van der Waals surface area contributed by atoms with Crippen molar-refractivity contribution in [3.8, 4) is 0 Å². The topological polar surface area (TPSA) is 106 Å². The van der Waals surface area contributed by atoms with Crippen LogP contribution in [0.1, 0.15) is 13.8 Å². The fraction of sp³-hybridized carbons (Fsp3) is 0.667. The number of ether oxygens (including phenoxy) is 6. The van der Waals surface area contributed by atoms with Gasteiger partial charge in [0, 0.05) is 12.6 Å². The van der Waals surface area contributed by atoms with E-state index in [1.165, 1.54) is 0 Å². The molecule has 0 aromatic carbocycles. The maximum atomic E-state index is 5.82. The van der Waals surface area contributed by atoms with Crippen molar-refractivity contribution in [2.24, 2.45) is 10.8 Å². The molecule has 174 valence electrons.